The summed E-state index contributed by atoms with van der Waals surface area (Å²) < 4.78 is 0. The number of hydrogen-bond acceptors (Lipinski definition) is 2. The van der Waals surface area contributed by atoms with Crippen molar-refractivity contribution in [2.24, 2.45) is 0 Å². The maximum atomic E-state index is 11.4. The minimum atomic E-state index is 0.211. The Labute approximate surface area is 91.2 Å². The highest BCUT2D eigenvalue weighted by Crippen LogP contribution is 2.17. The third-order valence-electron chi connectivity index (χ3n) is 2.75. The fourth-order valence-electron chi connectivity index (χ4n) is 2.00. The Morgan fingerprint density at radius 3 is 2.36 bits per heavy atom. The summed E-state index contributed by atoms with van der Waals surface area (Å²) in [7, 11) is 0. The van der Waals surface area contributed by atoms with E-state index in [9.17, 15) is 4.79 Å². The van der Waals surface area contributed by atoms with Crippen molar-refractivity contribution in [1.82, 2.24) is 5.32 Å². The van der Waals surface area contributed by atoms with E-state index in [4.69, 9.17) is 0 Å². The molecule has 0 spiro atoms. The maximum Gasteiger partial charge on any atom is 0.230 e. The summed E-state index contributed by atoms with van der Waals surface area (Å²) in [5.74, 6) is 0.819. The summed E-state index contributed by atoms with van der Waals surface area (Å²) in [5.41, 5.74) is 0. The van der Waals surface area contributed by atoms with Gasteiger partial charge in [0.25, 0.3) is 0 Å². The Morgan fingerprint density at radius 1 is 1.21 bits per heavy atom. The first-order valence-electron chi connectivity index (χ1n) is 5.61. The van der Waals surface area contributed by atoms with Crippen LogP contribution >= 0.6 is 11.8 Å². The Morgan fingerprint density at radius 2 is 1.79 bits per heavy atom. The molecule has 1 aliphatic rings. The topological polar surface area (TPSA) is 29.1 Å². The van der Waals surface area contributed by atoms with Crippen molar-refractivity contribution in [3.05, 3.63) is 0 Å². The van der Waals surface area contributed by atoms with Gasteiger partial charge < -0.3 is 5.32 Å². The fourth-order valence-corrected chi connectivity index (χ4v) is 2.35. The Bertz CT molecular complexity index is 165. The van der Waals surface area contributed by atoms with Crippen molar-refractivity contribution in [3.8, 4) is 0 Å². The first kappa shape index (κ1) is 11.9. The van der Waals surface area contributed by atoms with Crippen LogP contribution in [-0.4, -0.2) is 24.0 Å². The van der Waals surface area contributed by atoms with Crippen LogP contribution in [0.2, 0.25) is 0 Å². The molecule has 1 rings (SSSR count). The molecule has 1 fully saturated rings. The molecule has 0 aromatic rings. The van der Waals surface area contributed by atoms with E-state index in [2.05, 4.69) is 5.32 Å². The molecular formula is C11H21NOS. The SMILES string of the molecule is CSCC(=O)NC1CCCCCCC1. The van der Waals surface area contributed by atoms with E-state index in [0.29, 0.717) is 11.8 Å². The quantitative estimate of drug-likeness (QED) is 0.784. The molecule has 0 aromatic heterocycles. The average molecular weight is 215 g/mol. The maximum absolute atomic E-state index is 11.4. The predicted molar refractivity (Wildman–Crippen MR) is 62.6 cm³/mol. The van der Waals surface area contributed by atoms with Gasteiger partial charge in [-0.25, -0.2) is 0 Å². The molecule has 0 bridgehead atoms. The lowest BCUT2D eigenvalue weighted by Gasteiger charge is -2.20. The van der Waals surface area contributed by atoms with Crippen LogP contribution in [0, 0.1) is 0 Å². The Balaban J connectivity index is 2.22. The number of hydrogen-bond donors (Lipinski definition) is 1. The second kappa shape index (κ2) is 7.16. The van der Waals surface area contributed by atoms with Gasteiger partial charge in [-0.15, -0.1) is 0 Å². The number of thioether (sulfide) groups is 1. The van der Waals surface area contributed by atoms with Crippen molar-refractivity contribution >= 4 is 17.7 Å². The molecule has 82 valence electrons. The Hall–Kier alpha value is -0.180. The third-order valence-corrected chi connectivity index (χ3v) is 3.30. The highest BCUT2D eigenvalue weighted by Gasteiger charge is 2.13. The molecule has 1 N–H and O–H groups in total. The lowest BCUT2D eigenvalue weighted by atomic mass is 9.97. The molecule has 1 aliphatic carbocycles. The van der Waals surface area contributed by atoms with E-state index >= 15 is 0 Å². The molecule has 2 nitrogen and oxygen atoms in total. The lowest BCUT2D eigenvalue weighted by molar-refractivity contribution is -0.119. The fraction of sp³-hybridized carbons (Fsp3) is 0.909. The molecule has 0 aliphatic heterocycles. The van der Waals surface area contributed by atoms with Crippen molar-refractivity contribution in [2.75, 3.05) is 12.0 Å². The molecule has 1 saturated carbocycles. The summed E-state index contributed by atoms with van der Waals surface area (Å²) in [5, 5.41) is 3.13. The molecule has 0 atom stereocenters. The van der Waals surface area contributed by atoms with E-state index in [-0.39, 0.29) is 5.91 Å². The average Bonchev–Trinajstić information content (AvgIpc) is 2.10. The van der Waals surface area contributed by atoms with Gasteiger partial charge in [0, 0.05) is 6.04 Å². The zero-order valence-corrected chi connectivity index (χ0v) is 9.87. The zero-order chi connectivity index (χ0) is 10.2. The highest BCUT2D eigenvalue weighted by atomic mass is 32.2. The number of carbonyl (C=O) groups excluding carboxylic acids is 1. The van der Waals surface area contributed by atoms with E-state index in [0.717, 1.165) is 0 Å². The van der Waals surface area contributed by atoms with Crippen molar-refractivity contribution in [2.45, 2.75) is 51.0 Å². The van der Waals surface area contributed by atoms with Crippen molar-refractivity contribution in [3.63, 3.8) is 0 Å². The molecule has 3 heteroatoms. The minimum absolute atomic E-state index is 0.211. The van der Waals surface area contributed by atoms with Gasteiger partial charge in [0.05, 0.1) is 5.75 Å². The second-order valence-electron chi connectivity index (χ2n) is 4.04. The van der Waals surface area contributed by atoms with E-state index in [1.807, 2.05) is 6.26 Å². The van der Waals surface area contributed by atoms with Crippen molar-refractivity contribution in [1.29, 1.82) is 0 Å². The van der Waals surface area contributed by atoms with Crippen molar-refractivity contribution < 1.29 is 4.79 Å². The summed E-state index contributed by atoms with van der Waals surface area (Å²) in [6, 6.07) is 0.454. The van der Waals surface area contributed by atoms with Crippen LogP contribution in [0.3, 0.4) is 0 Å². The van der Waals surface area contributed by atoms with Gasteiger partial charge in [0.1, 0.15) is 0 Å². The van der Waals surface area contributed by atoms with Crippen LogP contribution < -0.4 is 5.32 Å². The number of rotatable bonds is 3. The molecule has 1 amide bonds. The summed E-state index contributed by atoms with van der Waals surface area (Å²) in [6.45, 7) is 0. The summed E-state index contributed by atoms with van der Waals surface area (Å²) >= 11 is 1.60. The summed E-state index contributed by atoms with van der Waals surface area (Å²) in [6.07, 6.45) is 11.0. The first-order chi connectivity index (χ1) is 6.83. The number of amides is 1. The van der Waals surface area contributed by atoms with E-state index in [1.54, 1.807) is 11.8 Å². The standard InChI is InChI=1S/C11H21NOS/c1-14-9-11(13)12-10-7-5-3-2-4-6-8-10/h10H,2-9H2,1H3,(H,12,13). The van der Waals surface area contributed by atoms with Gasteiger partial charge >= 0.3 is 0 Å². The zero-order valence-electron chi connectivity index (χ0n) is 9.05. The van der Waals surface area contributed by atoms with Crippen LogP contribution in [0.1, 0.15) is 44.9 Å². The van der Waals surface area contributed by atoms with Crippen LogP contribution in [0.25, 0.3) is 0 Å². The largest absolute Gasteiger partial charge is 0.353 e. The molecule has 14 heavy (non-hydrogen) atoms. The van der Waals surface area contributed by atoms with Crippen LogP contribution in [-0.2, 0) is 4.79 Å². The van der Waals surface area contributed by atoms with Gasteiger partial charge in [-0.2, -0.15) is 11.8 Å². The first-order valence-corrected chi connectivity index (χ1v) is 7.00. The number of nitrogens with one attached hydrogen (secondary N) is 1. The molecule has 0 radical (unpaired) electrons. The van der Waals surface area contributed by atoms with Gasteiger partial charge in [-0.1, -0.05) is 32.1 Å². The predicted octanol–water partition coefficient (Wildman–Crippen LogP) is 2.58. The smallest absolute Gasteiger partial charge is 0.230 e. The van der Waals surface area contributed by atoms with Crippen LogP contribution in [0.15, 0.2) is 0 Å². The minimum Gasteiger partial charge on any atom is -0.353 e. The van der Waals surface area contributed by atoms with Gasteiger partial charge in [0.2, 0.25) is 5.91 Å². The molecule has 0 aromatic carbocycles. The number of carbonyl (C=O) groups is 1. The van der Waals surface area contributed by atoms with Crippen LogP contribution in [0.5, 0.6) is 0 Å². The highest BCUT2D eigenvalue weighted by molar-refractivity contribution is 7.99. The molecular weight excluding hydrogens is 194 g/mol. The summed E-state index contributed by atoms with van der Waals surface area (Å²) in [4.78, 5) is 11.4. The Kier molecular flexibility index (Phi) is 6.08. The van der Waals surface area contributed by atoms with E-state index in [1.165, 1.54) is 44.9 Å². The normalized spacial score (nSPS) is 19.8. The second-order valence-corrected chi connectivity index (χ2v) is 4.91. The molecule has 0 saturated heterocycles. The van der Waals surface area contributed by atoms with Gasteiger partial charge in [-0.3, -0.25) is 4.79 Å². The lowest BCUT2D eigenvalue weighted by Crippen LogP contribution is -2.36. The van der Waals surface area contributed by atoms with E-state index < -0.39 is 0 Å². The molecule has 0 unspecified atom stereocenters. The van der Waals surface area contributed by atoms with Crippen LogP contribution in [0.4, 0.5) is 0 Å². The monoisotopic (exact) mass is 215 g/mol. The van der Waals surface area contributed by atoms with Gasteiger partial charge in [-0.05, 0) is 19.1 Å². The molecule has 0 heterocycles. The van der Waals surface area contributed by atoms with Gasteiger partial charge in [0.15, 0.2) is 0 Å². The third kappa shape index (κ3) is 4.89.